The summed E-state index contributed by atoms with van der Waals surface area (Å²) < 4.78 is 10.8. The molecular formula is C20H18N4O3S2. The summed E-state index contributed by atoms with van der Waals surface area (Å²) in [5, 5.41) is 14.0. The molecule has 1 amide bonds. The van der Waals surface area contributed by atoms with Gasteiger partial charge in [-0.2, -0.15) is 16.3 Å². The van der Waals surface area contributed by atoms with Crippen LogP contribution in [0.3, 0.4) is 0 Å². The summed E-state index contributed by atoms with van der Waals surface area (Å²) in [6.45, 7) is 1.37. The quantitative estimate of drug-likeness (QED) is 0.463. The third-order valence-corrected chi connectivity index (χ3v) is 6.58. The molecule has 1 aliphatic rings. The standard InChI is InChI=1S/C20H18N4O3S2/c25-20(15-10-16(26-22-15)17-4-2-7-29-17)24-6-1-3-13(11-24)9-18-21-19(23-27-18)14-5-8-28-12-14/h2,4-5,7-8,10,12-13H,1,3,6,9,11H2/t13-/m1/s1. The molecule has 0 bridgehead atoms. The van der Waals surface area contributed by atoms with Crippen molar-refractivity contribution in [3.05, 3.63) is 52.0 Å². The van der Waals surface area contributed by atoms with Crippen LogP contribution in [0.2, 0.25) is 0 Å². The number of piperidine rings is 1. The molecule has 7 nitrogen and oxygen atoms in total. The lowest BCUT2D eigenvalue weighted by Crippen LogP contribution is -2.40. The Morgan fingerprint density at radius 3 is 3.03 bits per heavy atom. The Hall–Kier alpha value is -2.78. The van der Waals surface area contributed by atoms with Gasteiger partial charge in [-0.1, -0.05) is 16.4 Å². The molecule has 148 valence electrons. The van der Waals surface area contributed by atoms with Crippen molar-refractivity contribution in [3.63, 3.8) is 0 Å². The van der Waals surface area contributed by atoms with Gasteiger partial charge in [0.05, 0.1) is 4.88 Å². The number of aromatic nitrogens is 3. The Morgan fingerprint density at radius 2 is 2.21 bits per heavy atom. The van der Waals surface area contributed by atoms with Gasteiger partial charge in [-0.15, -0.1) is 11.3 Å². The SMILES string of the molecule is O=C(c1cc(-c2cccs2)on1)N1CCC[C@H](Cc2nc(-c3ccsc3)no2)C1. The summed E-state index contributed by atoms with van der Waals surface area (Å²) in [7, 11) is 0. The molecule has 1 aliphatic heterocycles. The van der Waals surface area contributed by atoms with Crippen LogP contribution in [-0.2, 0) is 6.42 Å². The van der Waals surface area contributed by atoms with Gasteiger partial charge in [0.25, 0.3) is 5.91 Å². The normalized spacial score (nSPS) is 17.0. The second-order valence-electron chi connectivity index (χ2n) is 7.04. The van der Waals surface area contributed by atoms with Crippen LogP contribution in [0.1, 0.15) is 29.2 Å². The van der Waals surface area contributed by atoms with E-state index in [1.807, 2.05) is 39.2 Å². The molecule has 0 spiro atoms. The predicted molar refractivity (Wildman–Crippen MR) is 110 cm³/mol. The van der Waals surface area contributed by atoms with E-state index in [4.69, 9.17) is 9.05 Å². The van der Waals surface area contributed by atoms with Crippen LogP contribution in [0.25, 0.3) is 22.0 Å². The minimum Gasteiger partial charge on any atom is -0.355 e. The zero-order valence-corrected chi connectivity index (χ0v) is 17.1. The van der Waals surface area contributed by atoms with Gasteiger partial charge in [0, 0.05) is 36.5 Å². The number of carbonyl (C=O) groups excluding carboxylic acids is 1. The molecule has 4 aromatic heterocycles. The highest BCUT2D eigenvalue weighted by Gasteiger charge is 2.28. The molecule has 5 heterocycles. The van der Waals surface area contributed by atoms with Crippen molar-refractivity contribution in [1.29, 1.82) is 0 Å². The van der Waals surface area contributed by atoms with Gasteiger partial charge in [-0.3, -0.25) is 4.79 Å². The van der Waals surface area contributed by atoms with Gasteiger partial charge in [0.2, 0.25) is 11.7 Å². The number of hydrogen-bond acceptors (Lipinski definition) is 8. The minimum atomic E-state index is -0.0919. The highest BCUT2D eigenvalue weighted by Crippen LogP contribution is 2.27. The second-order valence-corrected chi connectivity index (χ2v) is 8.77. The smallest absolute Gasteiger partial charge is 0.276 e. The molecule has 4 aromatic rings. The molecule has 0 aromatic carbocycles. The number of carbonyl (C=O) groups is 1. The summed E-state index contributed by atoms with van der Waals surface area (Å²) >= 11 is 3.16. The van der Waals surface area contributed by atoms with Crippen LogP contribution in [0.4, 0.5) is 0 Å². The Bertz CT molecular complexity index is 1090. The summed E-state index contributed by atoms with van der Waals surface area (Å²) in [5.74, 6) is 2.06. The fourth-order valence-electron chi connectivity index (χ4n) is 3.58. The van der Waals surface area contributed by atoms with E-state index in [9.17, 15) is 4.79 Å². The van der Waals surface area contributed by atoms with Crippen molar-refractivity contribution in [1.82, 2.24) is 20.2 Å². The van der Waals surface area contributed by atoms with E-state index >= 15 is 0 Å². The molecule has 0 N–H and O–H groups in total. The van der Waals surface area contributed by atoms with Gasteiger partial charge in [-0.25, -0.2) is 0 Å². The Labute approximate surface area is 175 Å². The Balaban J connectivity index is 1.24. The van der Waals surface area contributed by atoms with Crippen LogP contribution in [-0.4, -0.2) is 39.2 Å². The van der Waals surface area contributed by atoms with Gasteiger partial charge in [0.15, 0.2) is 11.5 Å². The number of amides is 1. The lowest BCUT2D eigenvalue weighted by molar-refractivity contribution is 0.0658. The Morgan fingerprint density at radius 1 is 1.24 bits per heavy atom. The molecule has 1 saturated heterocycles. The summed E-state index contributed by atoms with van der Waals surface area (Å²) in [6, 6.07) is 7.59. The third kappa shape index (κ3) is 3.88. The molecule has 0 saturated carbocycles. The van der Waals surface area contributed by atoms with E-state index in [1.54, 1.807) is 28.7 Å². The maximum Gasteiger partial charge on any atom is 0.276 e. The topological polar surface area (TPSA) is 85.3 Å². The van der Waals surface area contributed by atoms with E-state index in [-0.39, 0.29) is 11.8 Å². The zero-order valence-electron chi connectivity index (χ0n) is 15.5. The first-order valence-electron chi connectivity index (χ1n) is 9.41. The first-order valence-corrected chi connectivity index (χ1v) is 11.2. The minimum absolute atomic E-state index is 0.0919. The maximum atomic E-state index is 12.9. The van der Waals surface area contributed by atoms with E-state index in [2.05, 4.69) is 15.3 Å². The Kier molecular flexibility index (Phi) is 4.99. The van der Waals surface area contributed by atoms with Crippen molar-refractivity contribution in [2.24, 2.45) is 5.92 Å². The van der Waals surface area contributed by atoms with Gasteiger partial charge < -0.3 is 13.9 Å². The van der Waals surface area contributed by atoms with Crippen molar-refractivity contribution in [3.8, 4) is 22.0 Å². The monoisotopic (exact) mass is 426 g/mol. The first-order chi connectivity index (χ1) is 14.3. The summed E-state index contributed by atoms with van der Waals surface area (Å²) in [6.07, 6.45) is 2.64. The third-order valence-electron chi connectivity index (χ3n) is 5.01. The van der Waals surface area contributed by atoms with Crippen molar-refractivity contribution in [2.75, 3.05) is 13.1 Å². The molecule has 0 radical (unpaired) electrons. The zero-order chi connectivity index (χ0) is 19.6. The molecule has 0 aliphatic carbocycles. The van der Waals surface area contributed by atoms with Gasteiger partial charge >= 0.3 is 0 Å². The second kappa shape index (κ2) is 7.92. The van der Waals surface area contributed by atoms with Crippen LogP contribution in [0.5, 0.6) is 0 Å². The largest absolute Gasteiger partial charge is 0.355 e. The average Bonchev–Trinajstić information content (AvgIpc) is 3.54. The molecule has 0 unspecified atom stereocenters. The van der Waals surface area contributed by atoms with Crippen LogP contribution in [0, 0.1) is 5.92 Å². The van der Waals surface area contributed by atoms with E-state index in [1.165, 1.54) is 0 Å². The molecule has 9 heteroatoms. The molecule has 29 heavy (non-hydrogen) atoms. The fourth-order valence-corrected chi connectivity index (χ4v) is 4.89. The van der Waals surface area contributed by atoms with Crippen molar-refractivity contribution >= 4 is 28.6 Å². The number of thiophene rings is 2. The fraction of sp³-hybridized carbons (Fsp3) is 0.300. The van der Waals surface area contributed by atoms with Gasteiger partial charge in [-0.05, 0) is 41.7 Å². The highest BCUT2D eigenvalue weighted by molar-refractivity contribution is 7.13. The van der Waals surface area contributed by atoms with E-state index < -0.39 is 0 Å². The number of nitrogens with zero attached hydrogens (tertiary/aromatic N) is 4. The van der Waals surface area contributed by atoms with Crippen LogP contribution in [0.15, 0.2) is 49.5 Å². The molecule has 1 atom stereocenters. The lowest BCUT2D eigenvalue weighted by Gasteiger charge is -2.31. The lowest BCUT2D eigenvalue weighted by atomic mass is 9.94. The summed E-state index contributed by atoms with van der Waals surface area (Å²) in [4.78, 5) is 20.2. The first kappa shape index (κ1) is 18.3. The van der Waals surface area contributed by atoms with E-state index in [0.29, 0.717) is 36.1 Å². The van der Waals surface area contributed by atoms with Crippen LogP contribution < -0.4 is 0 Å². The average molecular weight is 427 g/mol. The molecular weight excluding hydrogens is 408 g/mol. The predicted octanol–water partition coefficient (Wildman–Crippen LogP) is 4.61. The van der Waals surface area contributed by atoms with Crippen LogP contribution >= 0.6 is 22.7 Å². The van der Waals surface area contributed by atoms with Gasteiger partial charge in [0.1, 0.15) is 0 Å². The van der Waals surface area contributed by atoms with E-state index in [0.717, 1.165) is 29.8 Å². The highest BCUT2D eigenvalue weighted by atomic mass is 32.1. The maximum absolute atomic E-state index is 12.9. The molecule has 5 rings (SSSR count). The number of hydrogen-bond donors (Lipinski definition) is 0. The summed E-state index contributed by atoms with van der Waals surface area (Å²) in [5.41, 5.74) is 1.32. The van der Waals surface area contributed by atoms with Crippen molar-refractivity contribution < 1.29 is 13.8 Å². The number of rotatable bonds is 5. The van der Waals surface area contributed by atoms with Crippen molar-refractivity contribution in [2.45, 2.75) is 19.3 Å². The number of likely N-dealkylation sites (tertiary alicyclic amines) is 1. The molecule has 1 fully saturated rings.